The number of aliphatic hydroxyl groups excluding tert-OH is 2. The first kappa shape index (κ1) is 21.2. The van der Waals surface area contributed by atoms with E-state index in [1.807, 2.05) is 0 Å². The topological polar surface area (TPSA) is 77.8 Å². The molecule has 2 rings (SSSR count). The van der Waals surface area contributed by atoms with E-state index in [1.54, 1.807) is 0 Å². The molecule has 2 unspecified atom stereocenters. The Balaban J connectivity index is 1.79. The number of carboxylic acids is 1. The van der Waals surface area contributed by atoms with Crippen LogP contribution in [0.3, 0.4) is 0 Å². The fourth-order valence-electron chi connectivity index (χ4n) is 4.67. The van der Waals surface area contributed by atoms with Gasteiger partial charge in [0, 0.05) is 12.3 Å². The summed E-state index contributed by atoms with van der Waals surface area (Å²) < 4.78 is 0. The third kappa shape index (κ3) is 5.95. The van der Waals surface area contributed by atoms with Crippen LogP contribution in [0, 0.1) is 23.7 Å². The van der Waals surface area contributed by atoms with Crippen LogP contribution in [-0.2, 0) is 4.79 Å². The maximum atomic E-state index is 10.6. The summed E-state index contributed by atoms with van der Waals surface area (Å²) in [7, 11) is 0. The normalized spacial score (nSPS) is 30.4. The monoisotopic (exact) mass is 364 g/mol. The molecule has 1 saturated carbocycles. The van der Waals surface area contributed by atoms with Crippen molar-refractivity contribution in [2.45, 2.75) is 83.8 Å². The third-order valence-corrected chi connectivity index (χ3v) is 6.23. The molecular formula is C22H36O4. The Kier molecular flexibility index (Phi) is 8.36. The number of hydrogen-bond acceptors (Lipinski definition) is 3. The highest BCUT2D eigenvalue weighted by molar-refractivity contribution is 5.66. The van der Waals surface area contributed by atoms with Crippen LogP contribution in [0.1, 0.15) is 71.6 Å². The van der Waals surface area contributed by atoms with Gasteiger partial charge in [-0.05, 0) is 62.7 Å². The lowest BCUT2D eigenvalue weighted by molar-refractivity contribution is -0.137. The van der Waals surface area contributed by atoms with Crippen molar-refractivity contribution in [3.63, 3.8) is 0 Å². The van der Waals surface area contributed by atoms with Gasteiger partial charge in [0.25, 0.3) is 0 Å². The van der Waals surface area contributed by atoms with Gasteiger partial charge in [-0.15, -0.1) is 0 Å². The standard InChI is InChI=1S/C22H36O4/c1-3-7-15(2)20(23)10-6-9-18-19-13-16(8-4-5-11-22(25)26)12-17(19)14-21(18)24/h6,9,12,15,17-21,23-24H,3-5,7-8,10-11,13-14H2,1-2H3,(H,25,26)/t15?,17-,18-,19-,20?,21+/m0/s1. The number of hydrogen-bond donors (Lipinski definition) is 3. The van der Waals surface area contributed by atoms with Crippen molar-refractivity contribution in [1.82, 2.24) is 0 Å². The highest BCUT2D eigenvalue weighted by Crippen LogP contribution is 2.48. The largest absolute Gasteiger partial charge is 0.481 e. The number of unbranched alkanes of at least 4 members (excludes halogenated alkanes) is 1. The molecule has 0 saturated heterocycles. The third-order valence-electron chi connectivity index (χ3n) is 6.23. The zero-order valence-corrected chi connectivity index (χ0v) is 16.3. The summed E-state index contributed by atoms with van der Waals surface area (Å²) in [5, 5.41) is 29.3. The molecule has 0 aromatic heterocycles. The number of fused-ring (bicyclic) bond motifs is 1. The molecule has 148 valence electrons. The molecule has 4 nitrogen and oxygen atoms in total. The Hall–Kier alpha value is -1.13. The van der Waals surface area contributed by atoms with Crippen LogP contribution in [0.2, 0.25) is 0 Å². The fourth-order valence-corrected chi connectivity index (χ4v) is 4.67. The highest BCUT2D eigenvalue weighted by atomic mass is 16.4. The van der Waals surface area contributed by atoms with Crippen LogP contribution in [0.15, 0.2) is 23.8 Å². The Morgan fingerprint density at radius 2 is 2.15 bits per heavy atom. The molecule has 4 heteroatoms. The van der Waals surface area contributed by atoms with Crippen molar-refractivity contribution in [2.75, 3.05) is 0 Å². The molecule has 0 spiro atoms. The fraction of sp³-hybridized carbons (Fsp3) is 0.773. The summed E-state index contributed by atoms with van der Waals surface area (Å²) in [5.41, 5.74) is 1.44. The number of aliphatic carboxylic acids is 1. The van der Waals surface area contributed by atoms with Crippen LogP contribution in [0.25, 0.3) is 0 Å². The van der Waals surface area contributed by atoms with E-state index < -0.39 is 5.97 Å². The first-order valence-electron chi connectivity index (χ1n) is 10.4. The lowest BCUT2D eigenvalue weighted by Crippen LogP contribution is -2.18. The molecular weight excluding hydrogens is 328 g/mol. The Morgan fingerprint density at radius 1 is 1.38 bits per heavy atom. The van der Waals surface area contributed by atoms with Gasteiger partial charge < -0.3 is 15.3 Å². The molecule has 1 fully saturated rings. The molecule has 0 aromatic rings. The van der Waals surface area contributed by atoms with Gasteiger partial charge in [0.2, 0.25) is 0 Å². The average Bonchev–Trinajstić information content (AvgIpc) is 3.09. The molecule has 2 aliphatic carbocycles. The van der Waals surface area contributed by atoms with Gasteiger partial charge in [-0.2, -0.15) is 0 Å². The average molecular weight is 365 g/mol. The van der Waals surface area contributed by atoms with Crippen molar-refractivity contribution >= 4 is 5.97 Å². The van der Waals surface area contributed by atoms with Crippen molar-refractivity contribution in [3.8, 4) is 0 Å². The second kappa shape index (κ2) is 10.3. The molecule has 2 aliphatic rings. The molecule has 0 aliphatic heterocycles. The Labute approximate surface area is 158 Å². The summed E-state index contributed by atoms with van der Waals surface area (Å²) in [6.45, 7) is 4.24. The van der Waals surface area contributed by atoms with E-state index in [4.69, 9.17) is 5.11 Å². The highest BCUT2D eigenvalue weighted by Gasteiger charge is 2.43. The van der Waals surface area contributed by atoms with E-state index in [0.717, 1.165) is 44.9 Å². The molecule has 0 bridgehead atoms. The number of rotatable bonds is 11. The number of allylic oxidation sites excluding steroid dienone is 2. The zero-order valence-electron chi connectivity index (χ0n) is 16.3. The minimum Gasteiger partial charge on any atom is -0.481 e. The molecule has 6 atom stereocenters. The van der Waals surface area contributed by atoms with Gasteiger partial charge in [0.15, 0.2) is 0 Å². The summed E-state index contributed by atoms with van der Waals surface area (Å²) in [6, 6.07) is 0. The molecule has 0 aromatic carbocycles. The van der Waals surface area contributed by atoms with E-state index in [1.165, 1.54) is 5.57 Å². The first-order chi connectivity index (χ1) is 12.4. The van der Waals surface area contributed by atoms with E-state index in [0.29, 0.717) is 24.2 Å². The lowest BCUT2D eigenvalue weighted by Gasteiger charge is -2.19. The molecule has 0 heterocycles. The summed E-state index contributed by atoms with van der Waals surface area (Å²) >= 11 is 0. The number of carboxylic acid groups (broad SMARTS) is 1. The van der Waals surface area contributed by atoms with E-state index in [9.17, 15) is 15.0 Å². The maximum Gasteiger partial charge on any atom is 0.303 e. The van der Waals surface area contributed by atoms with Crippen molar-refractivity contribution in [3.05, 3.63) is 23.8 Å². The SMILES string of the molecule is CCCC(C)C(O)CC=C[C@H]1[C@H]2CC(CCCCC(=O)O)=C[C@H]2C[C@H]1O. The van der Waals surface area contributed by atoms with Gasteiger partial charge in [0.1, 0.15) is 0 Å². The van der Waals surface area contributed by atoms with Gasteiger partial charge in [-0.25, -0.2) is 0 Å². The first-order valence-corrected chi connectivity index (χ1v) is 10.4. The Bertz CT molecular complexity index is 510. The van der Waals surface area contributed by atoms with Gasteiger partial charge in [0.05, 0.1) is 12.2 Å². The van der Waals surface area contributed by atoms with E-state index in [2.05, 4.69) is 32.1 Å². The summed E-state index contributed by atoms with van der Waals surface area (Å²) in [6.07, 6.45) is 13.5. The second-order valence-corrected chi connectivity index (χ2v) is 8.34. The van der Waals surface area contributed by atoms with Gasteiger partial charge >= 0.3 is 5.97 Å². The predicted molar refractivity (Wildman–Crippen MR) is 104 cm³/mol. The zero-order chi connectivity index (χ0) is 19.1. The molecule has 0 amide bonds. The second-order valence-electron chi connectivity index (χ2n) is 8.34. The van der Waals surface area contributed by atoms with Crippen molar-refractivity contribution in [2.24, 2.45) is 23.7 Å². The van der Waals surface area contributed by atoms with Crippen LogP contribution >= 0.6 is 0 Å². The molecule has 0 radical (unpaired) electrons. The summed E-state index contributed by atoms with van der Waals surface area (Å²) in [4.78, 5) is 10.6. The van der Waals surface area contributed by atoms with Crippen molar-refractivity contribution < 1.29 is 20.1 Å². The van der Waals surface area contributed by atoms with Gasteiger partial charge in [-0.1, -0.05) is 44.1 Å². The number of carbonyl (C=O) groups is 1. The van der Waals surface area contributed by atoms with E-state index in [-0.39, 0.29) is 24.5 Å². The summed E-state index contributed by atoms with van der Waals surface area (Å²) in [5.74, 6) is 0.711. The maximum absolute atomic E-state index is 10.6. The van der Waals surface area contributed by atoms with Crippen LogP contribution < -0.4 is 0 Å². The lowest BCUT2D eigenvalue weighted by atomic mass is 9.88. The van der Waals surface area contributed by atoms with Crippen LogP contribution in [0.4, 0.5) is 0 Å². The molecule has 3 N–H and O–H groups in total. The minimum atomic E-state index is -0.717. The minimum absolute atomic E-state index is 0.182. The van der Waals surface area contributed by atoms with Crippen LogP contribution in [-0.4, -0.2) is 33.5 Å². The van der Waals surface area contributed by atoms with Crippen molar-refractivity contribution in [1.29, 1.82) is 0 Å². The quantitative estimate of drug-likeness (QED) is 0.377. The Morgan fingerprint density at radius 3 is 2.85 bits per heavy atom. The number of aliphatic hydroxyl groups is 2. The predicted octanol–water partition coefficient (Wildman–Crippen LogP) is 4.32. The molecule has 26 heavy (non-hydrogen) atoms. The van der Waals surface area contributed by atoms with E-state index >= 15 is 0 Å². The van der Waals surface area contributed by atoms with Crippen LogP contribution in [0.5, 0.6) is 0 Å². The van der Waals surface area contributed by atoms with Gasteiger partial charge in [-0.3, -0.25) is 4.79 Å². The smallest absolute Gasteiger partial charge is 0.303 e.